The molecule has 1 aliphatic rings. The molecule has 1 aromatic heterocycles. The van der Waals surface area contributed by atoms with E-state index in [4.69, 9.17) is 9.78 Å². The Balaban J connectivity index is 1.63. The second-order valence-corrected chi connectivity index (χ2v) is 5.10. The zero-order chi connectivity index (χ0) is 14.2. The number of aromatic nitrogens is 2. The van der Waals surface area contributed by atoms with E-state index in [-0.39, 0.29) is 5.92 Å². The summed E-state index contributed by atoms with van der Waals surface area (Å²) >= 11 is 0. The van der Waals surface area contributed by atoms with Crippen LogP contribution in [0.1, 0.15) is 28.4 Å². The fourth-order valence-corrected chi connectivity index (χ4v) is 2.67. The first kappa shape index (κ1) is 11.9. The van der Waals surface area contributed by atoms with Gasteiger partial charge in [0.15, 0.2) is 5.82 Å². The molecule has 0 saturated carbocycles. The van der Waals surface area contributed by atoms with Crippen LogP contribution in [0.4, 0.5) is 0 Å². The summed E-state index contributed by atoms with van der Waals surface area (Å²) in [6, 6.07) is 17.6. The van der Waals surface area contributed by atoms with E-state index in [9.17, 15) is 0 Å². The maximum absolute atomic E-state index is 8.81. The lowest BCUT2D eigenvalue weighted by molar-refractivity contribution is 0.416. The third-order valence-electron chi connectivity index (χ3n) is 3.87. The van der Waals surface area contributed by atoms with Crippen molar-refractivity contribution in [3.8, 4) is 17.5 Å². The molecule has 1 unspecified atom stereocenters. The summed E-state index contributed by atoms with van der Waals surface area (Å²) in [4.78, 5) is 4.50. The Hall–Kier alpha value is -2.93. The number of benzene rings is 2. The molecule has 4 heteroatoms. The van der Waals surface area contributed by atoms with Gasteiger partial charge >= 0.3 is 0 Å². The van der Waals surface area contributed by atoms with Crippen molar-refractivity contribution >= 4 is 0 Å². The van der Waals surface area contributed by atoms with Gasteiger partial charge in [0, 0.05) is 5.56 Å². The van der Waals surface area contributed by atoms with Gasteiger partial charge in [-0.25, -0.2) is 0 Å². The van der Waals surface area contributed by atoms with E-state index < -0.39 is 0 Å². The summed E-state index contributed by atoms with van der Waals surface area (Å²) in [5, 5.41) is 12.9. The van der Waals surface area contributed by atoms with Crippen molar-refractivity contribution in [2.24, 2.45) is 0 Å². The molecule has 100 valence electrons. The van der Waals surface area contributed by atoms with Gasteiger partial charge in [-0.3, -0.25) is 0 Å². The zero-order valence-corrected chi connectivity index (χ0v) is 11.2. The van der Waals surface area contributed by atoms with Crippen LogP contribution in [0.15, 0.2) is 53.1 Å². The third kappa shape index (κ3) is 1.91. The van der Waals surface area contributed by atoms with Crippen LogP contribution in [0.25, 0.3) is 11.5 Å². The molecule has 1 aliphatic carbocycles. The van der Waals surface area contributed by atoms with Crippen LogP contribution in [0.5, 0.6) is 0 Å². The second kappa shape index (κ2) is 4.57. The maximum atomic E-state index is 8.81. The van der Waals surface area contributed by atoms with Gasteiger partial charge in [-0.2, -0.15) is 10.2 Å². The Labute approximate surface area is 121 Å². The lowest BCUT2D eigenvalue weighted by Crippen LogP contribution is -2.19. The van der Waals surface area contributed by atoms with Gasteiger partial charge in [-0.15, -0.1) is 0 Å². The first-order valence-corrected chi connectivity index (χ1v) is 6.77. The fourth-order valence-electron chi connectivity index (χ4n) is 2.67. The molecule has 0 bridgehead atoms. The molecular formula is C17H11N3O. The van der Waals surface area contributed by atoms with Gasteiger partial charge in [-0.05, 0) is 41.8 Å². The third-order valence-corrected chi connectivity index (χ3v) is 3.87. The van der Waals surface area contributed by atoms with Crippen molar-refractivity contribution in [2.75, 3.05) is 0 Å². The number of nitriles is 1. The summed E-state index contributed by atoms with van der Waals surface area (Å²) < 4.78 is 5.35. The van der Waals surface area contributed by atoms with Gasteiger partial charge in [0.2, 0.25) is 0 Å². The number of nitrogens with zero attached hydrogens (tertiary/aromatic N) is 3. The standard InChI is InChI=1S/C17H11N3O/c18-10-11-5-7-12(8-6-11)17-19-16(20-21-17)15-9-13-3-1-2-4-14(13)15/h1-8,15H,9H2. The molecule has 1 atom stereocenters. The largest absolute Gasteiger partial charge is 0.334 e. The molecule has 3 aromatic rings. The number of hydrogen-bond acceptors (Lipinski definition) is 4. The normalized spacial score (nSPS) is 15.9. The van der Waals surface area contributed by atoms with Crippen molar-refractivity contribution in [3.05, 3.63) is 71.0 Å². The highest BCUT2D eigenvalue weighted by Gasteiger charge is 2.31. The van der Waals surface area contributed by atoms with Crippen LogP contribution in [0.2, 0.25) is 0 Å². The molecule has 4 nitrogen and oxygen atoms in total. The summed E-state index contributed by atoms with van der Waals surface area (Å²) in [5.74, 6) is 1.46. The van der Waals surface area contributed by atoms with E-state index in [1.807, 2.05) is 24.3 Å². The minimum absolute atomic E-state index is 0.233. The molecule has 0 saturated heterocycles. The highest BCUT2D eigenvalue weighted by atomic mass is 16.5. The quantitative estimate of drug-likeness (QED) is 0.718. The Morgan fingerprint density at radius 2 is 1.90 bits per heavy atom. The van der Waals surface area contributed by atoms with E-state index in [2.05, 4.69) is 28.3 Å². The Kier molecular flexibility index (Phi) is 2.58. The zero-order valence-electron chi connectivity index (χ0n) is 11.2. The van der Waals surface area contributed by atoms with Crippen LogP contribution >= 0.6 is 0 Å². The van der Waals surface area contributed by atoms with Crippen LogP contribution in [-0.4, -0.2) is 10.1 Å². The molecule has 2 aromatic carbocycles. The van der Waals surface area contributed by atoms with E-state index >= 15 is 0 Å². The van der Waals surface area contributed by atoms with Gasteiger partial charge in [0.1, 0.15) is 0 Å². The highest BCUT2D eigenvalue weighted by molar-refractivity contribution is 5.55. The van der Waals surface area contributed by atoms with Gasteiger partial charge in [0.05, 0.1) is 17.6 Å². The van der Waals surface area contributed by atoms with Crippen molar-refractivity contribution in [2.45, 2.75) is 12.3 Å². The highest BCUT2D eigenvalue weighted by Crippen LogP contribution is 2.38. The number of fused-ring (bicyclic) bond motifs is 1. The van der Waals surface area contributed by atoms with Gasteiger partial charge < -0.3 is 4.52 Å². The van der Waals surface area contributed by atoms with Crippen molar-refractivity contribution < 1.29 is 4.52 Å². The van der Waals surface area contributed by atoms with Gasteiger partial charge in [-0.1, -0.05) is 29.4 Å². The second-order valence-electron chi connectivity index (χ2n) is 5.10. The number of rotatable bonds is 2. The number of hydrogen-bond donors (Lipinski definition) is 0. The Bertz CT molecular complexity index is 843. The lowest BCUT2D eigenvalue weighted by Gasteiger charge is -2.27. The van der Waals surface area contributed by atoms with Crippen LogP contribution in [-0.2, 0) is 6.42 Å². The molecule has 1 heterocycles. The monoisotopic (exact) mass is 273 g/mol. The molecule has 21 heavy (non-hydrogen) atoms. The molecule has 0 N–H and O–H groups in total. The fraction of sp³-hybridized carbons (Fsp3) is 0.118. The summed E-state index contributed by atoms with van der Waals surface area (Å²) in [5.41, 5.74) is 4.09. The molecule has 0 amide bonds. The SMILES string of the molecule is N#Cc1ccc(-c2nc(C3Cc4ccccc43)no2)cc1. The molecule has 4 rings (SSSR count). The van der Waals surface area contributed by atoms with Gasteiger partial charge in [0.25, 0.3) is 5.89 Å². The first-order chi connectivity index (χ1) is 10.3. The lowest BCUT2D eigenvalue weighted by atomic mass is 9.77. The molecular weight excluding hydrogens is 262 g/mol. The van der Waals surface area contributed by atoms with E-state index in [1.54, 1.807) is 12.1 Å². The van der Waals surface area contributed by atoms with Crippen molar-refractivity contribution in [1.29, 1.82) is 5.26 Å². The minimum Gasteiger partial charge on any atom is -0.334 e. The van der Waals surface area contributed by atoms with Crippen LogP contribution in [0, 0.1) is 11.3 Å². The first-order valence-electron chi connectivity index (χ1n) is 6.77. The maximum Gasteiger partial charge on any atom is 0.257 e. The summed E-state index contributed by atoms with van der Waals surface area (Å²) in [6.07, 6.45) is 0.961. The van der Waals surface area contributed by atoms with Crippen LogP contribution < -0.4 is 0 Å². The Morgan fingerprint density at radius 1 is 1.10 bits per heavy atom. The topological polar surface area (TPSA) is 62.7 Å². The van der Waals surface area contributed by atoms with E-state index in [0.29, 0.717) is 11.5 Å². The molecule has 0 radical (unpaired) electrons. The van der Waals surface area contributed by atoms with E-state index in [1.165, 1.54) is 11.1 Å². The van der Waals surface area contributed by atoms with E-state index in [0.717, 1.165) is 17.8 Å². The summed E-state index contributed by atoms with van der Waals surface area (Å²) in [7, 11) is 0. The predicted molar refractivity (Wildman–Crippen MR) is 76.4 cm³/mol. The Morgan fingerprint density at radius 3 is 2.67 bits per heavy atom. The molecule has 0 fully saturated rings. The van der Waals surface area contributed by atoms with Crippen LogP contribution in [0.3, 0.4) is 0 Å². The summed E-state index contributed by atoms with van der Waals surface area (Å²) in [6.45, 7) is 0. The molecule has 0 aliphatic heterocycles. The minimum atomic E-state index is 0.233. The average Bonchev–Trinajstić information content (AvgIpc) is 2.98. The smallest absolute Gasteiger partial charge is 0.257 e. The molecule has 0 spiro atoms. The average molecular weight is 273 g/mol. The predicted octanol–water partition coefficient (Wildman–Crippen LogP) is 3.30. The van der Waals surface area contributed by atoms with Crippen molar-refractivity contribution in [3.63, 3.8) is 0 Å². The van der Waals surface area contributed by atoms with Crippen molar-refractivity contribution in [1.82, 2.24) is 10.1 Å².